The fourth-order valence-corrected chi connectivity index (χ4v) is 4.48. The number of carbonyl (C=O) groups excluding carboxylic acids is 1. The number of rotatable bonds is 6. The van der Waals surface area contributed by atoms with Gasteiger partial charge in [-0.25, -0.2) is 9.78 Å². The number of H-pyrrole nitrogens is 1. The number of likely N-dealkylation sites (tertiary alicyclic amines) is 1. The Morgan fingerprint density at radius 1 is 1.42 bits per heavy atom. The van der Waals surface area contributed by atoms with Crippen molar-refractivity contribution in [3.05, 3.63) is 53.0 Å². The van der Waals surface area contributed by atoms with Crippen LogP contribution >= 0.6 is 0 Å². The van der Waals surface area contributed by atoms with Crippen molar-refractivity contribution in [1.82, 2.24) is 25.4 Å². The van der Waals surface area contributed by atoms with Crippen LogP contribution in [0.2, 0.25) is 0 Å². The van der Waals surface area contributed by atoms with Crippen molar-refractivity contribution >= 4 is 29.0 Å². The third-order valence-electron chi connectivity index (χ3n) is 6.10. The Morgan fingerprint density at radius 2 is 2.30 bits per heavy atom. The van der Waals surface area contributed by atoms with Crippen LogP contribution in [0.1, 0.15) is 34.5 Å². The van der Waals surface area contributed by atoms with Crippen LogP contribution in [-0.4, -0.2) is 63.3 Å². The molecule has 3 N–H and O–H groups in total. The minimum absolute atomic E-state index is 0.0664. The summed E-state index contributed by atoms with van der Waals surface area (Å²) in [6.45, 7) is 1.65. The number of fused-ring (bicyclic) bond motifs is 2. The minimum Gasteiger partial charge on any atom is -0.496 e. The average molecular weight is 449 g/mol. The molecule has 0 spiro atoms. The number of aromatic nitrogens is 3. The molecule has 0 aliphatic carbocycles. The van der Waals surface area contributed by atoms with Crippen LogP contribution in [0.5, 0.6) is 11.5 Å². The van der Waals surface area contributed by atoms with Crippen molar-refractivity contribution in [2.45, 2.75) is 25.4 Å². The van der Waals surface area contributed by atoms with Crippen molar-refractivity contribution < 1.29 is 24.2 Å². The van der Waals surface area contributed by atoms with Gasteiger partial charge in [0, 0.05) is 36.8 Å². The molecule has 1 amide bonds. The van der Waals surface area contributed by atoms with E-state index in [9.17, 15) is 9.59 Å². The summed E-state index contributed by atoms with van der Waals surface area (Å²) in [6.07, 6.45) is 4.11. The molecular weight excluding hydrogens is 426 g/mol. The Bertz CT molecular complexity index is 1270. The van der Waals surface area contributed by atoms with E-state index in [0.717, 1.165) is 30.3 Å². The first-order valence-corrected chi connectivity index (χ1v) is 10.7. The summed E-state index contributed by atoms with van der Waals surface area (Å²) < 4.78 is 11.7. The van der Waals surface area contributed by atoms with Crippen LogP contribution in [0, 0.1) is 0 Å². The van der Waals surface area contributed by atoms with Crippen LogP contribution in [0.25, 0.3) is 17.1 Å². The normalized spacial score (nSPS) is 19.1. The first-order chi connectivity index (χ1) is 16.0. The van der Waals surface area contributed by atoms with Gasteiger partial charge in [-0.15, -0.1) is 0 Å². The third-order valence-corrected chi connectivity index (χ3v) is 6.10. The van der Waals surface area contributed by atoms with Crippen LogP contribution in [0.4, 0.5) is 4.79 Å². The topological polar surface area (TPSA) is 130 Å². The first-order valence-electron chi connectivity index (χ1n) is 10.7. The molecule has 0 radical (unpaired) electrons. The number of carboxylic acid groups (broad SMARTS) is 1. The van der Waals surface area contributed by atoms with Crippen LogP contribution in [0.3, 0.4) is 0 Å². The number of carbonyl (C=O) groups is 2. The van der Waals surface area contributed by atoms with Gasteiger partial charge < -0.3 is 19.9 Å². The lowest BCUT2D eigenvalue weighted by molar-refractivity contribution is 0.101. The zero-order valence-corrected chi connectivity index (χ0v) is 18.0. The van der Waals surface area contributed by atoms with E-state index in [1.165, 1.54) is 0 Å². The Balaban J connectivity index is 1.46. The monoisotopic (exact) mass is 449 g/mol. The van der Waals surface area contributed by atoms with Crippen molar-refractivity contribution in [2.75, 3.05) is 20.2 Å². The van der Waals surface area contributed by atoms with E-state index in [1.54, 1.807) is 37.6 Å². The van der Waals surface area contributed by atoms with Gasteiger partial charge in [0.25, 0.3) is 0 Å². The number of ketones is 1. The molecular formula is C23H23N5O5. The lowest BCUT2D eigenvalue weighted by atomic mass is 10.0. The molecule has 1 aromatic carbocycles. The quantitative estimate of drug-likeness (QED) is 0.490. The molecule has 2 aromatic heterocycles. The smallest absolute Gasteiger partial charge is 0.404 e. The standard InChI is InChI=1S/C23H23N5O5/c1-32-18-7-6-15-20(29)19(10-17-14-5-2-8-24-22(14)27-26-17)33-21(15)16(18)12-28-9-3-4-13(28)11-25-23(30)31/h2,5-8,10,13,25H,3-4,9,11-12H2,1H3,(H,30,31)(H,24,26,27)/b19-10-/t13-/m1/s1. The van der Waals surface area contributed by atoms with E-state index >= 15 is 0 Å². The molecule has 33 heavy (non-hydrogen) atoms. The van der Waals surface area contributed by atoms with E-state index in [0.29, 0.717) is 41.5 Å². The number of allylic oxidation sites excluding steroid dienone is 1. The molecule has 170 valence electrons. The molecule has 2 aliphatic rings. The molecule has 4 heterocycles. The van der Waals surface area contributed by atoms with Gasteiger partial charge in [0.2, 0.25) is 5.78 Å². The minimum atomic E-state index is -1.04. The summed E-state index contributed by atoms with van der Waals surface area (Å²) in [6, 6.07) is 7.22. The summed E-state index contributed by atoms with van der Waals surface area (Å²) in [4.78, 5) is 30.5. The van der Waals surface area contributed by atoms with E-state index in [2.05, 4.69) is 25.4 Å². The molecule has 3 aromatic rings. The summed E-state index contributed by atoms with van der Waals surface area (Å²) in [5, 5.41) is 19.3. The number of methoxy groups -OCH3 is 1. The fraction of sp³-hybridized carbons (Fsp3) is 0.304. The molecule has 10 nitrogen and oxygen atoms in total. The number of aromatic amines is 1. The number of nitrogens with one attached hydrogen (secondary N) is 2. The number of benzene rings is 1. The zero-order chi connectivity index (χ0) is 22.9. The number of amides is 1. The maximum absolute atomic E-state index is 13.1. The Labute approximate surface area is 189 Å². The van der Waals surface area contributed by atoms with Crippen molar-refractivity contribution in [1.29, 1.82) is 0 Å². The molecule has 10 heteroatoms. The van der Waals surface area contributed by atoms with E-state index in [-0.39, 0.29) is 17.6 Å². The van der Waals surface area contributed by atoms with Gasteiger partial charge in [0.1, 0.15) is 11.5 Å². The van der Waals surface area contributed by atoms with Crippen LogP contribution < -0.4 is 14.8 Å². The highest BCUT2D eigenvalue weighted by Crippen LogP contribution is 2.41. The van der Waals surface area contributed by atoms with Gasteiger partial charge in [-0.1, -0.05) is 0 Å². The summed E-state index contributed by atoms with van der Waals surface area (Å²) in [7, 11) is 1.58. The largest absolute Gasteiger partial charge is 0.496 e. The maximum atomic E-state index is 13.1. The number of nitrogens with zero attached hydrogens (tertiary/aromatic N) is 3. The van der Waals surface area contributed by atoms with E-state index < -0.39 is 6.09 Å². The lowest BCUT2D eigenvalue weighted by Crippen LogP contribution is -2.39. The number of hydrogen-bond acceptors (Lipinski definition) is 7. The molecule has 0 saturated carbocycles. The number of pyridine rings is 1. The third kappa shape index (κ3) is 3.89. The molecule has 2 aliphatic heterocycles. The highest BCUT2D eigenvalue weighted by Gasteiger charge is 2.34. The molecule has 0 bridgehead atoms. The summed E-state index contributed by atoms with van der Waals surface area (Å²) >= 11 is 0. The second-order valence-corrected chi connectivity index (χ2v) is 8.02. The Hall–Kier alpha value is -3.92. The van der Waals surface area contributed by atoms with Gasteiger partial charge in [-0.3, -0.25) is 14.8 Å². The highest BCUT2D eigenvalue weighted by atomic mass is 16.5. The van der Waals surface area contributed by atoms with Crippen molar-refractivity contribution in [3.63, 3.8) is 0 Å². The van der Waals surface area contributed by atoms with Crippen molar-refractivity contribution in [2.24, 2.45) is 0 Å². The van der Waals surface area contributed by atoms with Crippen LogP contribution in [0.15, 0.2) is 36.2 Å². The second-order valence-electron chi connectivity index (χ2n) is 8.02. The van der Waals surface area contributed by atoms with Crippen LogP contribution in [-0.2, 0) is 6.54 Å². The molecule has 5 rings (SSSR count). The predicted octanol–water partition coefficient (Wildman–Crippen LogP) is 2.81. The fourth-order valence-electron chi connectivity index (χ4n) is 4.48. The Kier molecular flexibility index (Phi) is 5.43. The van der Waals surface area contributed by atoms with Gasteiger partial charge in [-0.05, 0) is 43.7 Å². The second kappa shape index (κ2) is 8.55. The van der Waals surface area contributed by atoms with Gasteiger partial charge in [0.15, 0.2) is 11.4 Å². The van der Waals surface area contributed by atoms with Gasteiger partial charge >= 0.3 is 6.09 Å². The molecule has 0 unspecified atom stereocenters. The maximum Gasteiger partial charge on any atom is 0.404 e. The molecule has 1 fully saturated rings. The SMILES string of the molecule is COc1ccc2c(c1CN1CCC[C@@H]1CNC(=O)O)O/C(=C\c1n[nH]c3ncccc13)C2=O. The average Bonchev–Trinajstić information content (AvgIpc) is 3.51. The van der Waals surface area contributed by atoms with Gasteiger partial charge in [-0.2, -0.15) is 5.10 Å². The summed E-state index contributed by atoms with van der Waals surface area (Å²) in [5.41, 5.74) is 2.43. The zero-order valence-electron chi connectivity index (χ0n) is 18.0. The van der Waals surface area contributed by atoms with E-state index in [1.807, 2.05) is 6.07 Å². The van der Waals surface area contributed by atoms with Gasteiger partial charge in [0.05, 0.1) is 23.9 Å². The summed E-state index contributed by atoms with van der Waals surface area (Å²) in [5.74, 6) is 1.05. The number of hydrogen-bond donors (Lipinski definition) is 3. The Morgan fingerprint density at radius 3 is 3.12 bits per heavy atom. The predicted molar refractivity (Wildman–Crippen MR) is 119 cm³/mol. The molecule has 1 atom stereocenters. The van der Waals surface area contributed by atoms with E-state index in [4.69, 9.17) is 14.6 Å². The van der Waals surface area contributed by atoms with Crippen molar-refractivity contribution in [3.8, 4) is 11.5 Å². The number of Topliss-reactive ketones (excluding diaryl/α,β-unsaturated/α-hetero) is 1. The highest BCUT2D eigenvalue weighted by molar-refractivity contribution is 6.15. The molecule has 1 saturated heterocycles. The number of ether oxygens (including phenoxy) is 2. The first kappa shape index (κ1) is 21.0. The lowest BCUT2D eigenvalue weighted by Gasteiger charge is -2.25.